The van der Waals surface area contributed by atoms with Gasteiger partial charge in [-0.25, -0.2) is 0 Å². The second kappa shape index (κ2) is 7.01. The average Bonchev–Trinajstić information content (AvgIpc) is 2.40. The van der Waals surface area contributed by atoms with E-state index in [0.717, 1.165) is 19.1 Å². The highest BCUT2D eigenvalue weighted by molar-refractivity contribution is 5.21. The summed E-state index contributed by atoms with van der Waals surface area (Å²) in [4.78, 5) is 9.21. The Morgan fingerprint density at radius 3 is 3.00 bits per heavy atom. The molecule has 0 amide bonds. The predicted octanol–water partition coefficient (Wildman–Crippen LogP) is 2.70. The van der Waals surface area contributed by atoms with E-state index in [1.54, 1.807) is 0 Å². The molecule has 0 spiro atoms. The minimum Gasteiger partial charge on any atom is -0.301 e. The summed E-state index contributed by atoms with van der Waals surface area (Å²) in [5, 5.41) is 0. The molecule has 0 bridgehead atoms. The van der Waals surface area contributed by atoms with Gasteiger partial charge in [0.25, 0.3) is 0 Å². The summed E-state index contributed by atoms with van der Waals surface area (Å²) in [5.74, 6) is 0. The molecule has 19 heavy (non-hydrogen) atoms. The summed E-state index contributed by atoms with van der Waals surface area (Å²) in [5.41, 5.74) is 2.69. The second-order valence-electron chi connectivity index (χ2n) is 5.92. The minimum atomic E-state index is 0.768. The zero-order valence-corrected chi connectivity index (χ0v) is 12.6. The molecule has 2 rings (SSSR count). The van der Waals surface area contributed by atoms with Crippen molar-refractivity contribution < 1.29 is 0 Å². The number of nitrogens with zero attached hydrogens (tertiary/aromatic N) is 3. The molecule has 0 aliphatic carbocycles. The fourth-order valence-corrected chi connectivity index (χ4v) is 2.84. The van der Waals surface area contributed by atoms with Crippen LogP contribution < -0.4 is 0 Å². The third-order valence-electron chi connectivity index (χ3n) is 4.29. The smallest absolute Gasteiger partial charge is 0.0300 e. The number of hydrogen-bond acceptors (Lipinski definition) is 3. The fourth-order valence-electron chi connectivity index (χ4n) is 2.84. The van der Waals surface area contributed by atoms with Crippen molar-refractivity contribution in [2.24, 2.45) is 0 Å². The number of aryl methyl sites for hydroxylation is 1. The van der Waals surface area contributed by atoms with Crippen LogP contribution in [0.4, 0.5) is 0 Å². The number of likely N-dealkylation sites (N-methyl/N-ethyl adjacent to an activating group) is 1. The van der Waals surface area contributed by atoms with Gasteiger partial charge in [-0.1, -0.05) is 6.42 Å². The first-order chi connectivity index (χ1) is 9.16. The van der Waals surface area contributed by atoms with Crippen molar-refractivity contribution in [2.75, 3.05) is 26.7 Å². The average molecular weight is 261 g/mol. The molecule has 0 unspecified atom stereocenters. The van der Waals surface area contributed by atoms with E-state index in [-0.39, 0.29) is 0 Å². The van der Waals surface area contributed by atoms with Gasteiger partial charge in [0, 0.05) is 38.1 Å². The van der Waals surface area contributed by atoms with Crippen LogP contribution in [0.3, 0.4) is 0 Å². The molecule has 0 radical (unpaired) electrons. The van der Waals surface area contributed by atoms with Gasteiger partial charge in [0.2, 0.25) is 0 Å². The summed E-state index contributed by atoms with van der Waals surface area (Å²) in [6, 6.07) is 2.90. The SMILES string of the molecule is Cc1cnccc1CN(C)CCN1CCCC[C@@H]1C. The van der Waals surface area contributed by atoms with Crippen molar-refractivity contribution in [1.82, 2.24) is 14.8 Å². The number of piperidine rings is 1. The summed E-state index contributed by atoms with van der Waals surface area (Å²) in [7, 11) is 2.22. The fraction of sp³-hybridized carbons (Fsp3) is 0.688. The minimum absolute atomic E-state index is 0.768. The van der Waals surface area contributed by atoms with Gasteiger partial charge < -0.3 is 4.90 Å². The Balaban J connectivity index is 1.78. The topological polar surface area (TPSA) is 19.4 Å². The molecule has 1 aliphatic rings. The van der Waals surface area contributed by atoms with Crippen molar-refractivity contribution in [2.45, 2.75) is 45.7 Å². The molecule has 0 aromatic carbocycles. The monoisotopic (exact) mass is 261 g/mol. The van der Waals surface area contributed by atoms with E-state index in [2.05, 4.69) is 41.7 Å². The van der Waals surface area contributed by atoms with Crippen LogP contribution in [0.15, 0.2) is 18.5 Å². The van der Waals surface area contributed by atoms with E-state index in [9.17, 15) is 0 Å². The standard InChI is InChI=1S/C16H27N3/c1-14-12-17-8-7-16(14)13-18(3)10-11-19-9-5-4-6-15(19)2/h7-8,12,15H,4-6,9-11,13H2,1-3H3/t15-/m0/s1. The molecule has 1 fully saturated rings. The quantitative estimate of drug-likeness (QED) is 0.812. The van der Waals surface area contributed by atoms with E-state index < -0.39 is 0 Å². The number of pyridine rings is 1. The lowest BCUT2D eigenvalue weighted by molar-refractivity contribution is 0.141. The molecule has 1 aliphatic heterocycles. The van der Waals surface area contributed by atoms with Gasteiger partial charge in [0.05, 0.1) is 0 Å². The van der Waals surface area contributed by atoms with Crippen LogP contribution >= 0.6 is 0 Å². The van der Waals surface area contributed by atoms with Crippen molar-refractivity contribution in [1.29, 1.82) is 0 Å². The molecule has 0 N–H and O–H groups in total. The molecule has 0 saturated carbocycles. The lowest BCUT2D eigenvalue weighted by Crippen LogP contribution is -2.41. The number of aromatic nitrogens is 1. The summed E-state index contributed by atoms with van der Waals surface area (Å²) < 4.78 is 0. The molecule has 1 saturated heterocycles. The van der Waals surface area contributed by atoms with Crippen molar-refractivity contribution in [3.05, 3.63) is 29.6 Å². The highest BCUT2D eigenvalue weighted by Gasteiger charge is 2.17. The molecule has 1 aromatic rings. The number of likely N-dealkylation sites (tertiary alicyclic amines) is 1. The predicted molar refractivity (Wildman–Crippen MR) is 80.2 cm³/mol. The van der Waals surface area contributed by atoms with Crippen LogP contribution in [0.1, 0.15) is 37.3 Å². The van der Waals surface area contributed by atoms with Gasteiger partial charge in [0.15, 0.2) is 0 Å². The second-order valence-corrected chi connectivity index (χ2v) is 5.92. The van der Waals surface area contributed by atoms with E-state index in [0.29, 0.717) is 0 Å². The Kier molecular flexibility index (Phi) is 5.34. The first-order valence-electron chi connectivity index (χ1n) is 7.49. The maximum Gasteiger partial charge on any atom is 0.0300 e. The Hall–Kier alpha value is -0.930. The van der Waals surface area contributed by atoms with Crippen LogP contribution in [0.2, 0.25) is 0 Å². The molecule has 1 atom stereocenters. The van der Waals surface area contributed by atoms with E-state index in [4.69, 9.17) is 0 Å². The van der Waals surface area contributed by atoms with Gasteiger partial charge in [-0.05, 0) is 57.5 Å². The van der Waals surface area contributed by atoms with Gasteiger partial charge in [-0.3, -0.25) is 9.88 Å². The molecule has 3 heteroatoms. The van der Waals surface area contributed by atoms with Gasteiger partial charge in [-0.15, -0.1) is 0 Å². The van der Waals surface area contributed by atoms with Gasteiger partial charge >= 0.3 is 0 Å². The number of rotatable bonds is 5. The lowest BCUT2D eigenvalue weighted by Gasteiger charge is -2.34. The highest BCUT2D eigenvalue weighted by Crippen LogP contribution is 2.16. The summed E-state index contributed by atoms with van der Waals surface area (Å²) >= 11 is 0. The molecule has 106 valence electrons. The number of hydrogen-bond donors (Lipinski definition) is 0. The van der Waals surface area contributed by atoms with Gasteiger partial charge in [0.1, 0.15) is 0 Å². The summed E-state index contributed by atoms with van der Waals surface area (Å²) in [6.45, 7) is 9.16. The first-order valence-corrected chi connectivity index (χ1v) is 7.49. The van der Waals surface area contributed by atoms with Crippen molar-refractivity contribution in [3.8, 4) is 0 Å². The summed E-state index contributed by atoms with van der Waals surface area (Å²) in [6.07, 6.45) is 7.99. The third-order valence-corrected chi connectivity index (χ3v) is 4.29. The van der Waals surface area contributed by atoms with E-state index in [1.807, 2.05) is 12.4 Å². The van der Waals surface area contributed by atoms with Crippen molar-refractivity contribution >= 4 is 0 Å². The molecule has 2 heterocycles. The van der Waals surface area contributed by atoms with Crippen LogP contribution in [0.5, 0.6) is 0 Å². The molecule has 3 nitrogen and oxygen atoms in total. The van der Waals surface area contributed by atoms with E-state index >= 15 is 0 Å². The van der Waals surface area contributed by atoms with Crippen LogP contribution in [-0.4, -0.2) is 47.5 Å². The largest absolute Gasteiger partial charge is 0.301 e. The normalized spacial score (nSPS) is 20.9. The first kappa shape index (κ1) is 14.5. The zero-order valence-electron chi connectivity index (χ0n) is 12.6. The molecular formula is C16H27N3. The van der Waals surface area contributed by atoms with Crippen LogP contribution in [-0.2, 0) is 6.54 Å². The van der Waals surface area contributed by atoms with Crippen LogP contribution in [0.25, 0.3) is 0 Å². The van der Waals surface area contributed by atoms with Crippen molar-refractivity contribution in [3.63, 3.8) is 0 Å². The lowest BCUT2D eigenvalue weighted by atomic mass is 10.0. The Labute approximate surface area is 117 Å². The Morgan fingerprint density at radius 1 is 1.42 bits per heavy atom. The molecular weight excluding hydrogens is 234 g/mol. The highest BCUT2D eigenvalue weighted by atomic mass is 15.2. The zero-order chi connectivity index (χ0) is 13.7. The Bertz CT molecular complexity index is 391. The van der Waals surface area contributed by atoms with Gasteiger partial charge in [-0.2, -0.15) is 0 Å². The maximum atomic E-state index is 4.15. The third kappa shape index (κ3) is 4.29. The Morgan fingerprint density at radius 2 is 2.26 bits per heavy atom. The molecule has 1 aromatic heterocycles. The van der Waals surface area contributed by atoms with E-state index in [1.165, 1.54) is 43.5 Å². The van der Waals surface area contributed by atoms with Crippen LogP contribution in [0, 0.1) is 6.92 Å². The maximum absolute atomic E-state index is 4.15.